The molecule has 3 nitrogen and oxygen atoms in total. The van der Waals surface area contributed by atoms with Gasteiger partial charge in [0, 0.05) is 25.7 Å². The van der Waals surface area contributed by atoms with Crippen LogP contribution >= 0.6 is 0 Å². The van der Waals surface area contributed by atoms with Gasteiger partial charge in [-0.1, -0.05) is 12.1 Å². The minimum atomic E-state index is -0.193. The number of halogens is 1. The molecule has 2 N–H and O–H groups in total. The lowest BCUT2D eigenvalue weighted by molar-refractivity contribution is 0.152. The first-order chi connectivity index (χ1) is 8.20. The molecular weight excluding hydrogens is 219 g/mol. The minimum absolute atomic E-state index is 0.162. The van der Waals surface area contributed by atoms with Gasteiger partial charge >= 0.3 is 0 Å². The van der Waals surface area contributed by atoms with Gasteiger partial charge in [0.1, 0.15) is 5.82 Å². The first kappa shape index (κ1) is 12.3. The van der Waals surface area contributed by atoms with Crippen LogP contribution in [-0.4, -0.2) is 26.3 Å². The molecule has 1 saturated heterocycles. The van der Waals surface area contributed by atoms with Crippen molar-refractivity contribution in [2.75, 3.05) is 31.2 Å². The molecule has 4 heteroatoms. The Morgan fingerprint density at radius 3 is 2.94 bits per heavy atom. The molecule has 1 aliphatic heterocycles. The number of para-hydroxylation sites is 1. The summed E-state index contributed by atoms with van der Waals surface area (Å²) in [6.45, 7) is 4.82. The van der Waals surface area contributed by atoms with E-state index < -0.39 is 0 Å². The average molecular weight is 238 g/mol. The molecule has 1 aromatic rings. The zero-order valence-electron chi connectivity index (χ0n) is 10.2. The van der Waals surface area contributed by atoms with Crippen molar-refractivity contribution in [1.29, 1.82) is 0 Å². The summed E-state index contributed by atoms with van der Waals surface area (Å²) in [5.41, 5.74) is 7.42. The molecule has 0 unspecified atom stereocenters. The third-order valence-corrected chi connectivity index (χ3v) is 3.05. The van der Waals surface area contributed by atoms with E-state index in [0.29, 0.717) is 12.3 Å². The van der Waals surface area contributed by atoms with Crippen LogP contribution in [0.4, 0.5) is 10.1 Å². The van der Waals surface area contributed by atoms with E-state index in [2.05, 4.69) is 0 Å². The Balaban J connectivity index is 2.34. The van der Waals surface area contributed by atoms with Crippen LogP contribution in [-0.2, 0) is 4.74 Å². The lowest BCUT2D eigenvalue weighted by Gasteiger charge is -2.26. The van der Waals surface area contributed by atoms with Gasteiger partial charge in [0.05, 0.1) is 12.3 Å². The van der Waals surface area contributed by atoms with Gasteiger partial charge in [-0.15, -0.1) is 0 Å². The van der Waals surface area contributed by atoms with Gasteiger partial charge in [0.15, 0.2) is 0 Å². The van der Waals surface area contributed by atoms with Crippen LogP contribution in [0.5, 0.6) is 0 Å². The maximum Gasteiger partial charge on any atom is 0.146 e. The highest BCUT2D eigenvalue weighted by atomic mass is 19.1. The highest BCUT2D eigenvalue weighted by molar-refractivity contribution is 5.56. The monoisotopic (exact) mass is 238 g/mol. The number of benzene rings is 1. The summed E-state index contributed by atoms with van der Waals surface area (Å²) in [6, 6.07) is 4.94. The lowest BCUT2D eigenvalue weighted by atomic mass is 10.1. The maximum atomic E-state index is 14.0. The Bertz CT molecular complexity index is 374. The summed E-state index contributed by atoms with van der Waals surface area (Å²) in [4.78, 5) is 2.04. The van der Waals surface area contributed by atoms with E-state index in [-0.39, 0.29) is 11.9 Å². The molecule has 0 amide bonds. The number of hydrogen-bond acceptors (Lipinski definition) is 3. The second-order valence-corrected chi connectivity index (χ2v) is 4.42. The molecule has 1 atom stereocenters. The third-order valence-electron chi connectivity index (χ3n) is 3.05. The van der Waals surface area contributed by atoms with E-state index in [1.54, 1.807) is 6.07 Å². The number of nitrogens with two attached hydrogens (primary N) is 1. The summed E-state index contributed by atoms with van der Waals surface area (Å²) in [5.74, 6) is -0.193. The molecule has 0 aromatic heterocycles. The van der Waals surface area contributed by atoms with Crippen molar-refractivity contribution in [3.63, 3.8) is 0 Å². The zero-order chi connectivity index (χ0) is 12.3. The van der Waals surface area contributed by atoms with Crippen LogP contribution in [0.15, 0.2) is 18.2 Å². The van der Waals surface area contributed by atoms with Crippen molar-refractivity contribution >= 4 is 5.69 Å². The van der Waals surface area contributed by atoms with Crippen LogP contribution < -0.4 is 10.6 Å². The number of nitrogens with zero attached hydrogens (tertiary/aromatic N) is 1. The molecule has 0 aliphatic carbocycles. The van der Waals surface area contributed by atoms with Crippen molar-refractivity contribution < 1.29 is 9.13 Å². The van der Waals surface area contributed by atoms with Crippen molar-refractivity contribution in [3.05, 3.63) is 29.6 Å². The molecule has 17 heavy (non-hydrogen) atoms. The Morgan fingerprint density at radius 2 is 2.18 bits per heavy atom. The molecular formula is C13H19FN2O. The van der Waals surface area contributed by atoms with E-state index in [9.17, 15) is 4.39 Å². The molecule has 94 valence electrons. The fourth-order valence-corrected chi connectivity index (χ4v) is 2.20. The number of anilines is 1. The summed E-state index contributed by atoms with van der Waals surface area (Å²) in [7, 11) is 0. The van der Waals surface area contributed by atoms with Crippen molar-refractivity contribution in [2.45, 2.75) is 19.4 Å². The zero-order valence-corrected chi connectivity index (χ0v) is 10.2. The Kier molecular flexibility index (Phi) is 3.97. The standard InChI is InChI=1S/C13H19FN2O/c1-10(15)11-4-2-5-12(14)13(11)16-6-3-8-17-9-7-16/h2,4-5,10H,3,6-9,15H2,1H3/t10-/m1/s1. The topological polar surface area (TPSA) is 38.5 Å². The normalized spacial score (nSPS) is 18.9. The largest absolute Gasteiger partial charge is 0.380 e. The number of hydrogen-bond donors (Lipinski definition) is 1. The second kappa shape index (κ2) is 5.47. The van der Waals surface area contributed by atoms with E-state index in [0.717, 1.165) is 31.7 Å². The molecule has 1 fully saturated rings. The highest BCUT2D eigenvalue weighted by Gasteiger charge is 2.19. The van der Waals surface area contributed by atoms with Crippen LogP contribution in [0.2, 0.25) is 0 Å². The third kappa shape index (κ3) is 2.76. The van der Waals surface area contributed by atoms with Crippen LogP contribution in [0, 0.1) is 5.82 Å². The van der Waals surface area contributed by atoms with Crippen molar-refractivity contribution in [3.8, 4) is 0 Å². The van der Waals surface area contributed by atoms with E-state index >= 15 is 0 Å². The molecule has 0 saturated carbocycles. The molecule has 0 bridgehead atoms. The molecule has 1 aromatic carbocycles. The van der Waals surface area contributed by atoms with Gasteiger partial charge in [-0.05, 0) is 25.0 Å². The van der Waals surface area contributed by atoms with Gasteiger partial charge in [-0.2, -0.15) is 0 Å². The molecule has 0 spiro atoms. The number of ether oxygens (including phenoxy) is 1. The van der Waals surface area contributed by atoms with Gasteiger partial charge in [-0.3, -0.25) is 0 Å². The van der Waals surface area contributed by atoms with Crippen LogP contribution in [0.3, 0.4) is 0 Å². The van der Waals surface area contributed by atoms with Gasteiger partial charge < -0.3 is 15.4 Å². The fourth-order valence-electron chi connectivity index (χ4n) is 2.20. The highest BCUT2D eigenvalue weighted by Crippen LogP contribution is 2.28. The van der Waals surface area contributed by atoms with E-state index in [4.69, 9.17) is 10.5 Å². The van der Waals surface area contributed by atoms with Crippen molar-refractivity contribution in [1.82, 2.24) is 0 Å². The first-order valence-electron chi connectivity index (χ1n) is 6.07. The first-order valence-corrected chi connectivity index (χ1v) is 6.07. The Hall–Kier alpha value is -1.13. The summed E-state index contributed by atoms with van der Waals surface area (Å²) in [5, 5.41) is 0. The van der Waals surface area contributed by atoms with Crippen molar-refractivity contribution in [2.24, 2.45) is 5.73 Å². The van der Waals surface area contributed by atoms with E-state index in [1.165, 1.54) is 6.07 Å². The van der Waals surface area contributed by atoms with Gasteiger partial charge in [0.25, 0.3) is 0 Å². The summed E-state index contributed by atoms with van der Waals surface area (Å²) >= 11 is 0. The Labute approximate surface area is 101 Å². The SMILES string of the molecule is C[C@@H](N)c1cccc(F)c1N1CCCOCC1. The predicted octanol–water partition coefficient (Wildman–Crippen LogP) is 2.07. The Morgan fingerprint density at radius 1 is 1.35 bits per heavy atom. The number of rotatable bonds is 2. The smallest absolute Gasteiger partial charge is 0.146 e. The summed E-state index contributed by atoms with van der Waals surface area (Å²) < 4.78 is 19.4. The molecule has 0 radical (unpaired) electrons. The molecule has 2 rings (SSSR count). The van der Waals surface area contributed by atoms with E-state index in [1.807, 2.05) is 17.9 Å². The molecule has 1 heterocycles. The van der Waals surface area contributed by atoms with Gasteiger partial charge in [0.2, 0.25) is 0 Å². The quantitative estimate of drug-likeness (QED) is 0.857. The minimum Gasteiger partial charge on any atom is -0.380 e. The predicted molar refractivity (Wildman–Crippen MR) is 66.7 cm³/mol. The maximum absolute atomic E-state index is 14.0. The molecule has 1 aliphatic rings. The fraction of sp³-hybridized carbons (Fsp3) is 0.538. The second-order valence-electron chi connectivity index (χ2n) is 4.42. The van der Waals surface area contributed by atoms with Gasteiger partial charge in [-0.25, -0.2) is 4.39 Å². The lowest BCUT2D eigenvalue weighted by Crippen LogP contribution is -2.29. The van der Waals surface area contributed by atoms with Crippen LogP contribution in [0.1, 0.15) is 24.9 Å². The average Bonchev–Trinajstić information content (AvgIpc) is 2.57. The summed E-state index contributed by atoms with van der Waals surface area (Å²) in [6.07, 6.45) is 0.923. The van der Waals surface area contributed by atoms with Crippen LogP contribution in [0.25, 0.3) is 0 Å².